The second-order valence-electron chi connectivity index (χ2n) is 6.58. The molecule has 0 radical (unpaired) electrons. The van der Waals surface area contributed by atoms with Crippen molar-refractivity contribution in [3.05, 3.63) is 71.4 Å². The highest BCUT2D eigenvalue weighted by molar-refractivity contribution is 6.30. The summed E-state index contributed by atoms with van der Waals surface area (Å²) < 4.78 is 6.34. The van der Waals surface area contributed by atoms with Crippen LogP contribution >= 0.6 is 11.6 Å². The number of esters is 1. The maximum Gasteiger partial charge on any atom is 0.305 e. The van der Waals surface area contributed by atoms with Crippen molar-refractivity contribution in [2.24, 2.45) is 0 Å². The molecule has 6 nitrogen and oxygen atoms in total. The highest BCUT2D eigenvalue weighted by atomic mass is 35.5. The fourth-order valence-corrected chi connectivity index (χ4v) is 3.06. The molecule has 150 valence electrons. The Kier molecular flexibility index (Phi) is 6.67. The van der Waals surface area contributed by atoms with Gasteiger partial charge >= 0.3 is 5.97 Å². The number of hydrogen-bond donors (Lipinski definition) is 0. The van der Waals surface area contributed by atoms with Crippen LogP contribution in [0.15, 0.2) is 60.8 Å². The molecule has 0 saturated carbocycles. The summed E-state index contributed by atoms with van der Waals surface area (Å²) >= 11 is 6.01. The standard InChI is InChI=1S/C22H22ClN3O3/c1-25(14-6-9-20(27)29-2)22(28)19-15-26(18-7-4-3-5-8-18)24-21(19)16-10-12-17(23)13-11-16/h3-5,7-8,10-13,15H,6,9,14H2,1-2H3. The van der Waals surface area contributed by atoms with Gasteiger partial charge in [0.15, 0.2) is 0 Å². The number of benzene rings is 2. The van der Waals surface area contributed by atoms with Gasteiger partial charge in [-0.05, 0) is 30.7 Å². The fourth-order valence-electron chi connectivity index (χ4n) is 2.93. The van der Waals surface area contributed by atoms with E-state index >= 15 is 0 Å². The number of para-hydroxylation sites is 1. The molecule has 0 aliphatic carbocycles. The van der Waals surface area contributed by atoms with Crippen LogP contribution in [0.1, 0.15) is 23.2 Å². The number of halogens is 1. The Bertz CT molecular complexity index is 984. The highest BCUT2D eigenvalue weighted by Crippen LogP contribution is 2.26. The van der Waals surface area contributed by atoms with Crippen LogP contribution in [0.25, 0.3) is 16.9 Å². The van der Waals surface area contributed by atoms with Gasteiger partial charge in [0.2, 0.25) is 0 Å². The van der Waals surface area contributed by atoms with Crippen molar-refractivity contribution in [2.75, 3.05) is 20.7 Å². The zero-order valence-corrected chi connectivity index (χ0v) is 17.1. The summed E-state index contributed by atoms with van der Waals surface area (Å²) in [6, 6.07) is 16.8. The summed E-state index contributed by atoms with van der Waals surface area (Å²) in [5.41, 5.74) is 2.72. The van der Waals surface area contributed by atoms with E-state index in [1.807, 2.05) is 42.5 Å². The number of hydrogen-bond acceptors (Lipinski definition) is 4. The molecule has 7 heteroatoms. The molecule has 2 aromatic carbocycles. The zero-order valence-electron chi connectivity index (χ0n) is 16.3. The normalized spacial score (nSPS) is 10.6. The summed E-state index contributed by atoms with van der Waals surface area (Å²) in [7, 11) is 3.07. The van der Waals surface area contributed by atoms with Crippen molar-refractivity contribution in [3.63, 3.8) is 0 Å². The predicted octanol–water partition coefficient (Wildman–Crippen LogP) is 4.22. The SMILES string of the molecule is COC(=O)CCCN(C)C(=O)c1cn(-c2ccccc2)nc1-c1ccc(Cl)cc1. The molecule has 0 aliphatic heterocycles. The lowest BCUT2D eigenvalue weighted by atomic mass is 10.1. The Hall–Kier alpha value is -3.12. The van der Waals surface area contributed by atoms with Crippen LogP contribution in [0, 0.1) is 0 Å². The van der Waals surface area contributed by atoms with Gasteiger partial charge in [0.25, 0.3) is 5.91 Å². The van der Waals surface area contributed by atoms with E-state index in [-0.39, 0.29) is 18.3 Å². The lowest BCUT2D eigenvalue weighted by molar-refractivity contribution is -0.140. The molecule has 3 aromatic rings. The second kappa shape index (κ2) is 9.39. The molecule has 0 saturated heterocycles. The van der Waals surface area contributed by atoms with Crippen LogP contribution in [0.4, 0.5) is 0 Å². The van der Waals surface area contributed by atoms with Gasteiger partial charge in [0.05, 0.1) is 18.4 Å². The van der Waals surface area contributed by atoms with Gasteiger partial charge in [-0.25, -0.2) is 4.68 Å². The Labute approximate surface area is 174 Å². The molecule has 0 spiro atoms. The van der Waals surface area contributed by atoms with Crippen molar-refractivity contribution in [1.29, 1.82) is 0 Å². The van der Waals surface area contributed by atoms with Gasteiger partial charge in [-0.2, -0.15) is 5.10 Å². The van der Waals surface area contributed by atoms with E-state index in [1.54, 1.807) is 35.0 Å². The van der Waals surface area contributed by atoms with Crippen LogP contribution in [0.5, 0.6) is 0 Å². The molecule has 3 rings (SSSR count). The minimum atomic E-state index is -0.287. The number of aromatic nitrogens is 2. The van der Waals surface area contributed by atoms with Crippen LogP contribution < -0.4 is 0 Å². The monoisotopic (exact) mass is 411 g/mol. The number of amides is 1. The van der Waals surface area contributed by atoms with Crippen molar-refractivity contribution in [2.45, 2.75) is 12.8 Å². The third-order valence-corrected chi connectivity index (χ3v) is 4.78. The minimum absolute atomic E-state index is 0.165. The Morgan fingerprint density at radius 3 is 2.45 bits per heavy atom. The molecule has 0 fully saturated rings. The van der Waals surface area contributed by atoms with Gasteiger partial charge in [0.1, 0.15) is 5.69 Å². The van der Waals surface area contributed by atoms with Gasteiger partial charge in [-0.15, -0.1) is 0 Å². The largest absolute Gasteiger partial charge is 0.469 e. The highest BCUT2D eigenvalue weighted by Gasteiger charge is 2.21. The van der Waals surface area contributed by atoms with Gasteiger partial charge in [0, 0.05) is 36.8 Å². The van der Waals surface area contributed by atoms with E-state index < -0.39 is 0 Å². The molecule has 1 aromatic heterocycles. The van der Waals surface area contributed by atoms with Crippen molar-refractivity contribution >= 4 is 23.5 Å². The molecule has 1 heterocycles. The van der Waals surface area contributed by atoms with E-state index in [2.05, 4.69) is 9.84 Å². The first-order valence-corrected chi connectivity index (χ1v) is 9.60. The van der Waals surface area contributed by atoms with Gasteiger partial charge in [-0.1, -0.05) is 41.9 Å². The molecular formula is C22H22ClN3O3. The number of carbonyl (C=O) groups excluding carboxylic acids is 2. The molecule has 29 heavy (non-hydrogen) atoms. The summed E-state index contributed by atoms with van der Waals surface area (Å²) in [6.45, 7) is 0.435. The first-order chi connectivity index (χ1) is 14.0. The lowest BCUT2D eigenvalue weighted by Gasteiger charge is -2.16. The summed E-state index contributed by atoms with van der Waals surface area (Å²) in [5.74, 6) is -0.452. The number of nitrogens with zero attached hydrogens (tertiary/aromatic N) is 3. The molecule has 0 atom stereocenters. The zero-order chi connectivity index (χ0) is 20.8. The van der Waals surface area contributed by atoms with Gasteiger partial charge < -0.3 is 9.64 Å². The predicted molar refractivity (Wildman–Crippen MR) is 112 cm³/mol. The molecule has 0 aliphatic rings. The molecular weight excluding hydrogens is 390 g/mol. The van der Waals surface area contributed by atoms with E-state index in [1.165, 1.54) is 7.11 Å². The van der Waals surface area contributed by atoms with E-state index in [0.29, 0.717) is 29.2 Å². The van der Waals surface area contributed by atoms with Gasteiger partial charge in [-0.3, -0.25) is 9.59 Å². The smallest absolute Gasteiger partial charge is 0.305 e. The molecule has 0 bridgehead atoms. The van der Waals surface area contributed by atoms with Crippen molar-refractivity contribution < 1.29 is 14.3 Å². The van der Waals surface area contributed by atoms with Crippen LogP contribution in [-0.2, 0) is 9.53 Å². The quantitative estimate of drug-likeness (QED) is 0.546. The van der Waals surface area contributed by atoms with Crippen molar-refractivity contribution in [1.82, 2.24) is 14.7 Å². The first kappa shape index (κ1) is 20.6. The molecule has 0 unspecified atom stereocenters. The number of methoxy groups -OCH3 is 1. The third-order valence-electron chi connectivity index (χ3n) is 4.53. The first-order valence-electron chi connectivity index (χ1n) is 9.23. The molecule has 1 amide bonds. The Balaban J connectivity index is 1.91. The average molecular weight is 412 g/mol. The number of ether oxygens (including phenoxy) is 1. The van der Waals surface area contributed by atoms with Crippen LogP contribution in [-0.4, -0.2) is 47.3 Å². The fraction of sp³-hybridized carbons (Fsp3) is 0.227. The maximum atomic E-state index is 13.1. The van der Waals surface area contributed by atoms with Crippen molar-refractivity contribution in [3.8, 4) is 16.9 Å². The maximum absolute atomic E-state index is 13.1. The second-order valence-corrected chi connectivity index (χ2v) is 7.02. The Morgan fingerprint density at radius 1 is 1.10 bits per heavy atom. The topological polar surface area (TPSA) is 64.4 Å². The minimum Gasteiger partial charge on any atom is -0.469 e. The third kappa shape index (κ3) is 5.03. The summed E-state index contributed by atoms with van der Waals surface area (Å²) in [4.78, 5) is 26.0. The van der Waals surface area contributed by atoms with E-state index in [0.717, 1.165) is 11.3 Å². The summed E-state index contributed by atoms with van der Waals surface area (Å²) in [5, 5.41) is 5.27. The summed E-state index contributed by atoms with van der Waals surface area (Å²) in [6.07, 6.45) is 2.53. The average Bonchev–Trinajstić information content (AvgIpc) is 3.19. The van der Waals surface area contributed by atoms with E-state index in [9.17, 15) is 9.59 Å². The Morgan fingerprint density at radius 2 is 1.79 bits per heavy atom. The number of carbonyl (C=O) groups is 2. The van der Waals surface area contributed by atoms with E-state index in [4.69, 9.17) is 11.6 Å². The molecule has 0 N–H and O–H groups in total. The number of rotatable bonds is 7. The van der Waals surface area contributed by atoms with Crippen LogP contribution in [0.2, 0.25) is 5.02 Å². The van der Waals surface area contributed by atoms with Crippen LogP contribution in [0.3, 0.4) is 0 Å². The lowest BCUT2D eigenvalue weighted by Crippen LogP contribution is -2.28.